The van der Waals surface area contributed by atoms with Gasteiger partial charge in [-0.15, -0.1) is 11.3 Å². The number of carbonyl (C=O) groups is 2. The first-order chi connectivity index (χ1) is 10.4. The third-order valence-corrected chi connectivity index (χ3v) is 4.99. The van der Waals surface area contributed by atoms with Gasteiger partial charge in [0.2, 0.25) is 0 Å². The van der Waals surface area contributed by atoms with Crippen molar-refractivity contribution < 1.29 is 24.2 Å². The first-order valence-corrected chi connectivity index (χ1v) is 7.91. The van der Waals surface area contributed by atoms with E-state index in [1.165, 1.54) is 25.6 Å². The number of methoxy groups -OCH3 is 2. The Balaban J connectivity index is 2.24. The Morgan fingerprint density at radius 1 is 1.45 bits per heavy atom. The van der Waals surface area contributed by atoms with Crippen LogP contribution in [0.4, 0.5) is 0 Å². The predicted octanol–water partition coefficient (Wildman–Crippen LogP) is 2.02. The molecule has 2 heterocycles. The molecule has 1 aliphatic rings. The quantitative estimate of drug-likeness (QED) is 0.895. The van der Waals surface area contributed by atoms with E-state index >= 15 is 0 Å². The number of piperidine rings is 1. The van der Waals surface area contributed by atoms with Gasteiger partial charge in [0.25, 0.3) is 5.91 Å². The molecule has 1 aromatic heterocycles. The lowest BCUT2D eigenvalue weighted by Gasteiger charge is -2.39. The Bertz CT molecular complexity index is 566. The molecule has 1 atom stereocenters. The molecule has 0 bridgehead atoms. The summed E-state index contributed by atoms with van der Waals surface area (Å²) >= 11 is 1.37. The highest BCUT2D eigenvalue weighted by molar-refractivity contribution is 7.14. The van der Waals surface area contributed by atoms with Gasteiger partial charge in [-0.05, 0) is 25.8 Å². The van der Waals surface area contributed by atoms with Crippen LogP contribution < -0.4 is 4.74 Å². The van der Waals surface area contributed by atoms with Crippen LogP contribution in [0.2, 0.25) is 0 Å². The molecule has 7 heteroatoms. The number of thiophene rings is 1. The molecule has 1 N–H and O–H groups in total. The summed E-state index contributed by atoms with van der Waals surface area (Å²) in [5, 5.41) is 9.55. The fourth-order valence-electron chi connectivity index (χ4n) is 2.87. The van der Waals surface area contributed by atoms with Crippen molar-refractivity contribution in [2.24, 2.45) is 5.41 Å². The minimum Gasteiger partial charge on any atom is -0.495 e. The lowest BCUT2D eigenvalue weighted by molar-refractivity contribution is -0.155. The van der Waals surface area contributed by atoms with Crippen LogP contribution in [0.3, 0.4) is 0 Å². The number of aryl methyl sites for hydroxylation is 1. The van der Waals surface area contributed by atoms with Crippen LogP contribution in [-0.2, 0) is 9.53 Å². The normalized spacial score (nSPS) is 21.7. The third-order valence-electron chi connectivity index (χ3n) is 3.97. The average Bonchev–Trinajstić information content (AvgIpc) is 2.88. The van der Waals surface area contributed by atoms with Crippen molar-refractivity contribution in [3.05, 3.63) is 15.8 Å². The van der Waals surface area contributed by atoms with E-state index in [0.29, 0.717) is 30.0 Å². The molecule has 0 radical (unpaired) electrons. The highest BCUT2D eigenvalue weighted by atomic mass is 32.1. The summed E-state index contributed by atoms with van der Waals surface area (Å²) in [6.07, 6.45) is 1.16. The van der Waals surface area contributed by atoms with E-state index < -0.39 is 11.4 Å². The molecular formula is C15H21NO5S. The number of aliphatic carboxylic acids is 1. The topological polar surface area (TPSA) is 76.1 Å². The van der Waals surface area contributed by atoms with Crippen LogP contribution in [0.1, 0.15) is 27.4 Å². The molecule has 1 unspecified atom stereocenters. The lowest BCUT2D eigenvalue weighted by atomic mass is 9.80. The van der Waals surface area contributed by atoms with Crippen molar-refractivity contribution in [1.29, 1.82) is 0 Å². The maximum Gasteiger partial charge on any atom is 0.313 e. The summed E-state index contributed by atoms with van der Waals surface area (Å²) in [5.41, 5.74) is -1.03. The standard InChI is InChI=1S/C15H21NO5S/c1-10-7-11(21-3)12(22-10)13(17)16-6-4-5-15(8-16,9-20-2)14(18)19/h7H,4-6,8-9H2,1-3H3,(H,18,19). The predicted molar refractivity (Wildman–Crippen MR) is 82.7 cm³/mol. The summed E-state index contributed by atoms with van der Waals surface area (Å²) in [4.78, 5) is 27.5. The number of carbonyl (C=O) groups excluding carboxylic acids is 1. The van der Waals surface area contributed by atoms with Crippen molar-refractivity contribution in [2.45, 2.75) is 19.8 Å². The molecule has 1 saturated heterocycles. The summed E-state index contributed by atoms with van der Waals surface area (Å²) < 4.78 is 10.3. The molecule has 122 valence electrons. The molecule has 1 fully saturated rings. The highest BCUT2D eigenvalue weighted by Gasteiger charge is 2.44. The van der Waals surface area contributed by atoms with E-state index in [0.717, 1.165) is 4.88 Å². The summed E-state index contributed by atoms with van der Waals surface area (Å²) in [5.74, 6) is -0.539. The van der Waals surface area contributed by atoms with Crippen molar-refractivity contribution in [3.8, 4) is 5.75 Å². The number of amides is 1. The SMILES string of the molecule is COCC1(C(=O)O)CCCN(C(=O)c2sc(C)cc2OC)C1. The zero-order valence-electron chi connectivity index (χ0n) is 13.0. The van der Waals surface area contributed by atoms with Crippen molar-refractivity contribution in [1.82, 2.24) is 4.90 Å². The van der Waals surface area contributed by atoms with E-state index in [-0.39, 0.29) is 19.1 Å². The Morgan fingerprint density at radius 2 is 2.18 bits per heavy atom. The molecular weight excluding hydrogens is 306 g/mol. The van der Waals surface area contributed by atoms with Gasteiger partial charge in [0.05, 0.1) is 13.7 Å². The van der Waals surface area contributed by atoms with Gasteiger partial charge in [-0.3, -0.25) is 9.59 Å². The number of hydrogen-bond donors (Lipinski definition) is 1. The molecule has 2 rings (SSSR count). The van der Waals surface area contributed by atoms with Crippen LogP contribution in [0.15, 0.2) is 6.07 Å². The molecule has 0 aliphatic carbocycles. The van der Waals surface area contributed by atoms with E-state index in [2.05, 4.69) is 0 Å². The van der Waals surface area contributed by atoms with Gasteiger partial charge in [0.1, 0.15) is 16.0 Å². The second-order valence-electron chi connectivity index (χ2n) is 5.60. The number of likely N-dealkylation sites (tertiary alicyclic amines) is 1. The van der Waals surface area contributed by atoms with Gasteiger partial charge in [0, 0.05) is 25.1 Å². The minimum absolute atomic E-state index is 0.104. The van der Waals surface area contributed by atoms with Crippen LogP contribution in [-0.4, -0.2) is 55.8 Å². The molecule has 0 saturated carbocycles. The van der Waals surface area contributed by atoms with Crippen LogP contribution >= 0.6 is 11.3 Å². The monoisotopic (exact) mass is 327 g/mol. The van der Waals surface area contributed by atoms with Gasteiger partial charge in [0.15, 0.2) is 0 Å². The van der Waals surface area contributed by atoms with Crippen molar-refractivity contribution in [2.75, 3.05) is 33.9 Å². The molecule has 1 amide bonds. The smallest absolute Gasteiger partial charge is 0.313 e. The second kappa shape index (κ2) is 6.66. The first-order valence-electron chi connectivity index (χ1n) is 7.09. The number of hydrogen-bond acceptors (Lipinski definition) is 5. The number of rotatable bonds is 5. The highest BCUT2D eigenvalue weighted by Crippen LogP contribution is 2.35. The Labute approximate surface area is 133 Å². The second-order valence-corrected chi connectivity index (χ2v) is 6.86. The van der Waals surface area contributed by atoms with Gasteiger partial charge in [-0.2, -0.15) is 0 Å². The van der Waals surface area contributed by atoms with Gasteiger partial charge in [-0.25, -0.2) is 0 Å². The summed E-state index contributed by atoms with van der Waals surface area (Å²) in [6, 6.07) is 1.82. The maximum atomic E-state index is 12.7. The fourth-order valence-corrected chi connectivity index (χ4v) is 3.82. The van der Waals surface area contributed by atoms with Gasteiger partial charge >= 0.3 is 5.97 Å². The van der Waals surface area contributed by atoms with Crippen LogP contribution in [0.25, 0.3) is 0 Å². The van der Waals surface area contributed by atoms with Crippen LogP contribution in [0, 0.1) is 12.3 Å². The number of carboxylic acids is 1. The first kappa shape index (κ1) is 16.8. The Morgan fingerprint density at radius 3 is 2.77 bits per heavy atom. The molecule has 6 nitrogen and oxygen atoms in total. The Kier molecular flexibility index (Phi) is 5.08. The molecule has 0 spiro atoms. The Hall–Kier alpha value is -1.60. The van der Waals surface area contributed by atoms with Gasteiger partial charge < -0.3 is 19.5 Å². The van der Waals surface area contributed by atoms with E-state index in [1.807, 2.05) is 13.0 Å². The number of ether oxygens (including phenoxy) is 2. The molecule has 22 heavy (non-hydrogen) atoms. The average molecular weight is 327 g/mol. The van der Waals surface area contributed by atoms with Crippen molar-refractivity contribution in [3.63, 3.8) is 0 Å². The number of carboxylic acid groups (broad SMARTS) is 1. The van der Waals surface area contributed by atoms with E-state index in [9.17, 15) is 14.7 Å². The van der Waals surface area contributed by atoms with E-state index in [1.54, 1.807) is 4.90 Å². The zero-order chi connectivity index (χ0) is 16.3. The minimum atomic E-state index is -1.03. The van der Waals surface area contributed by atoms with Crippen molar-refractivity contribution >= 4 is 23.2 Å². The number of nitrogens with zero attached hydrogens (tertiary/aromatic N) is 1. The summed E-state index contributed by atoms with van der Waals surface area (Å²) in [7, 11) is 3.01. The molecule has 1 aromatic rings. The van der Waals surface area contributed by atoms with E-state index in [4.69, 9.17) is 9.47 Å². The third kappa shape index (κ3) is 3.10. The largest absolute Gasteiger partial charge is 0.495 e. The molecule has 1 aliphatic heterocycles. The maximum absolute atomic E-state index is 12.7. The van der Waals surface area contributed by atoms with Gasteiger partial charge in [-0.1, -0.05) is 0 Å². The molecule has 0 aromatic carbocycles. The van der Waals surface area contributed by atoms with Crippen LogP contribution in [0.5, 0.6) is 5.75 Å². The fraction of sp³-hybridized carbons (Fsp3) is 0.600. The lowest BCUT2D eigenvalue weighted by Crippen LogP contribution is -2.52. The zero-order valence-corrected chi connectivity index (χ0v) is 13.9. The summed E-state index contributed by atoms with van der Waals surface area (Å²) in [6.45, 7) is 2.73.